The Balaban J connectivity index is 2.55. The molecule has 2 rings (SSSR count). The molecule has 0 aromatic carbocycles. The number of aromatic nitrogens is 2. The van der Waals surface area contributed by atoms with Crippen molar-refractivity contribution in [3.63, 3.8) is 0 Å². The highest BCUT2D eigenvalue weighted by Crippen LogP contribution is 2.16. The molecule has 0 aliphatic carbocycles. The Morgan fingerprint density at radius 1 is 1.56 bits per heavy atom. The summed E-state index contributed by atoms with van der Waals surface area (Å²) in [6, 6.07) is 3.56. The van der Waals surface area contributed by atoms with Crippen LogP contribution in [0.25, 0.3) is 5.52 Å². The van der Waals surface area contributed by atoms with E-state index in [1.165, 1.54) is 0 Å². The summed E-state index contributed by atoms with van der Waals surface area (Å²) in [5.41, 5.74) is 1.26. The Bertz CT molecular complexity index is 521. The van der Waals surface area contributed by atoms with Gasteiger partial charge >= 0.3 is 0 Å². The average molecular weight is 238 g/mol. The van der Waals surface area contributed by atoms with Crippen molar-refractivity contribution in [2.45, 2.75) is 6.42 Å². The van der Waals surface area contributed by atoms with E-state index in [0.717, 1.165) is 30.6 Å². The number of likely N-dealkylation sites (N-methyl/N-ethyl adjacent to an activating group) is 1. The molecule has 5 heteroatoms. The van der Waals surface area contributed by atoms with Gasteiger partial charge in [-0.3, -0.25) is 4.79 Å². The van der Waals surface area contributed by atoms with Crippen LogP contribution in [0.2, 0.25) is 5.02 Å². The Labute approximate surface area is 98.2 Å². The molecular formula is C11H12ClN3O. The lowest BCUT2D eigenvalue weighted by Crippen LogP contribution is -2.12. The van der Waals surface area contributed by atoms with Crippen molar-refractivity contribution < 1.29 is 4.79 Å². The van der Waals surface area contributed by atoms with Gasteiger partial charge in [-0.25, -0.2) is 4.98 Å². The molecule has 84 valence electrons. The van der Waals surface area contributed by atoms with Crippen LogP contribution < -0.4 is 5.32 Å². The zero-order chi connectivity index (χ0) is 11.5. The maximum absolute atomic E-state index is 10.9. The Kier molecular flexibility index (Phi) is 3.22. The Morgan fingerprint density at radius 2 is 2.38 bits per heavy atom. The molecule has 0 saturated carbocycles. The maximum Gasteiger partial charge on any atom is 0.170 e. The number of hydrogen-bond acceptors (Lipinski definition) is 3. The van der Waals surface area contributed by atoms with Crippen LogP contribution >= 0.6 is 11.6 Å². The molecular weight excluding hydrogens is 226 g/mol. The molecule has 0 radical (unpaired) electrons. The fourth-order valence-electron chi connectivity index (χ4n) is 1.65. The maximum atomic E-state index is 10.9. The van der Waals surface area contributed by atoms with Crippen molar-refractivity contribution in [1.29, 1.82) is 0 Å². The van der Waals surface area contributed by atoms with Gasteiger partial charge in [0.1, 0.15) is 11.5 Å². The molecule has 0 fully saturated rings. The third-order valence-corrected chi connectivity index (χ3v) is 2.64. The molecule has 0 aliphatic rings. The Hall–Kier alpha value is -1.39. The molecule has 0 saturated heterocycles. The van der Waals surface area contributed by atoms with Crippen molar-refractivity contribution in [3.8, 4) is 0 Å². The zero-order valence-corrected chi connectivity index (χ0v) is 9.66. The zero-order valence-electron chi connectivity index (χ0n) is 8.90. The van der Waals surface area contributed by atoms with E-state index in [2.05, 4.69) is 10.3 Å². The van der Waals surface area contributed by atoms with Crippen LogP contribution in [0.1, 0.15) is 16.3 Å². The lowest BCUT2D eigenvalue weighted by atomic mass is 10.3. The summed E-state index contributed by atoms with van der Waals surface area (Å²) in [6.45, 7) is 0.809. The molecule has 0 atom stereocenters. The summed E-state index contributed by atoms with van der Waals surface area (Å²) in [7, 11) is 1.88. The molecule has 2 aromatic rings. The van der Waals surface area contributed by atoms with E-state index >= 15 is 0 Å². The van der Waals surface area contributed by atoms with Crippen molar-refractivity contribution in [3.05, 3.63) is 34.9 Å². The third kappa shape index (κ3) is 1.94. The molecule has 16 heavy (non-hydrogen) atoms. The summed E-state index contributed by atoms with van der Waals surface area (Å²) >= 11 is 5.92. The molecule has 2 aromatic heterocycles. The van der Waals surface area contributed by atoms with Crippen LogP contribution in [0, 0.1) is 0 Å². The van der Waals surface area contributed by atoms with Crippen LogP contribution in [-0.2, 0) is 6.42 Å². The predicted octanol–water partition coefficient (Wildman–Crippen LogP) is 1.56. The molecule has 1 N–H and O–H groups in total. The minimum atomic E-state index is 0.461. The summed E-state index contributed by atoms with van der Waals surface area (Å²) in [4.78, 5) is 15.2. The first kappa shape index (κ1) is 11.1. The number of carbonyl (C=O) groups is 1. The SMILES string of the molecule is CNCCc1nc(C=O)c2ccc(Cl)cn12. The van der Waals surface area contributed by atoms with E-state index in [1.54, 1.807) is 12.3 Å². The largest absolute Gasteiger partial charge is 0.319 e. The number of fused-ring (bicyclic) bond motifs is 1. The highest BCUT2D eigenvalue weighted by Gasteiger charge is 2.09. The van der Waals surface area contributed by atoms with Gasteiger partial charge in [-0.1, -0.05) is 11.6 Å². The molecule has 0 bridgehead atoms. The van der Waals surface area contributed by atoms with E-state index in [9.17, 15) is 4.79 Å². The van der Waals surface area contributed by atoms with Crippen LogP contribution in [0.5, 0.6) is 0 Å². The second-order valence-electron chi connectivity index (χ2n) is 3.49. The Morgan fingerprint density at radius 3 is 3.06 bits per heavy atom. The minimum absolute atomic E-state index is 0.461. The van der Waals surface area contributed by atoms with E-state index in [4.69, 9.17) is 11.6 Å². The third-order valence-electron chi connectivity index (χ3n) is 2.41. The summed E-state index contributed by atoms with van der Waals surface area (Å²) in [6.07, 6.45) is 3.31. The van der Waals surface area contributed by atoms with E-state index in [0.29, 0.717) is 10.7 Å². The van der Waals surface area contributed by atoms with Gasteiger partial charge in [-0.05, 0) is 19.2 Å². The number of rotatable bonds is 4. The smallest absolute Gasteiger partial charge is 0.170 e. The van der Waals surface area contributed by atoms with Gasteiger partial charge in [0.2, 0.25) is 0 Å². The van der Waals surface area contributed by atoms with Gasteiger partial charge in [0.25, 0.3) is 0 Å². The van der Waals surface area contributed by atoms with E-state index in [-0.39, 0.29) is 0 Å². The van der Waals surface area contributed by atoms with Crippen LogP contribution in [0.3, 0.4) is 0 Å². The van der Waals surface area contributed by atoms with Gasteiger partial charge in [0, 0.05) is 19.2 Å². The van der Waals surface area contributed by atoms with Gasteiger partial charge in [0.15, 0.2) is 6.29 Å². The number of nitrogens with zero attached hydrogens (tertiary/aromatic N) is 2. The minimum Gasteiger partial charge on any atom is -0.319 e. The van der Waals surface area contributed by atoms with Gasteiger partial charge in [0.05, 0.1) is 10.5 Å². The first-order valence-corrected chi connectivity index (χ1v) is 5.40. The number of imidazole rings is 1. The highest BCUT2D eigenvalue weighted by atomic mass is 35.5. The quantitative estimate of drug-likeness (QED) is 0.821. The van der Waals surface area contributed by atoms with Gasteiger partial charge in [-0.2, -0.15) is 0 Å². The number of hydrogen-bond donors (Lipinski definition) is 1. The van der Waals surface area contributed by atoms with Crippen LogP contribution in [0.15, 0.2) is 18.3 Å². The summed E-state index contributed by atoms with van der Waals surface area (Å²) in [5.74, 6) is 0.842. The summed E-state index contributed by atoms with van der Waals surface area (Å²) in [5, 5.41) is 3.68. The molecule has 0 amide bonds. The lowest BCUT2D eigenvalue weighted by Gasteiger charge is -2.00. The van der Waals surface area contributed by atoms with Crippen molar-refractivity contribution in [1.82, 2.24) is 14.7 Å². The van der Waals surface area contributed by atoms with Crippen molar-refractivity contribution in [2.75, 3.05) is 13.6 Å². The first-order valence-electron chi connectivity index (χ1n) is 5.02. The number of pyridine rings is 1. The predicted molar refractivity (Wildman–Crippen MR) is 63.2 cm³/mol. The van der Waals surface area contributed by atoms with Gasteiger partial charge < -0.3 is 9.72 Å². The first-order chi connectivity index (χ1) is 7.76. The fraction of sp³-hybridized carbons (Fsp3) is 0.273. The normalized spacial score (nSPS) is 10.9. The van der Waals surface area contributed by atoms with E-state index < -0.39 is 0 Å². The number of nitrogens with one attached hydrogen (secondary N) is 1. The molecule has 2 heterocycles. The number of halogens is 1. The van der Waals surface area contributed by atoms with Crippen LogP contribution in [0.4, 0.5) is 0 Å². The second kappa shape index (κ2) is 4.63. The van der Waals surface area contributed by atoms with Crippen LogP contribution in [-0.4, -0.2) is 29.3 Å². The fourth-order valence-corrected chi connectivity index (χ4v) is 1.81. The van der Waals surface area contributed by atoms with E-state index in [1.807, 2.05) is 17.5 Å². The van der Waals surface area contributed by atoms with Crippen molar-refractivity contribution >= 4 is 23.4 Å². The molecule has 0 unspecified atom stereocenters. The number of carbonyl (C=O) groups excluding carboxylic acids is 1. The monoisotopic (exact) mass is 237 g/mol. The molecule has 4 nitrogen and oxygen atoms in total. The molecule has 0 aliphatic heterocycles. The molecule has 0 spiro atoms. The second-order valence-corrected chi connectivity index (χ2v) is 3.92. The average Bonchev–Trinajstić information content (AvgIpc) is 2.64. The summed E-state index contributed by atoms with van der Waals surface area (Å²) < 4.78 is 1.86. The highest BCUT2D eigenvalue weighted by molar-refractivity contribution is 6.30. The number of aldehydes is 1. The topological polar surface area (TPSA) is 46.4 Å². The van der Waals surface area contributed by atoms with Gasteiger partial charge in [-0.15, -0.1) is 0 Å². The standard InChI is InChI=1S/C11H12ClN3O/c1-13-5-4-11-14-9(7-16)10-3-2-8(12)6-15(10)11/h2-3,6-7,13H,4-5H2,1H3. The van der Waals surface area contributed by atoms with Crippen molar-refractivity contribution in [2.24, 2.45) is 0 Å². The lowest BCUT2D eigenvalue weighted by molar-refractivity contribution is 0.112.